The molecule has 0 bridgehead atoms. The van der Waals surface area contributed by atoms with Gasteiger partial charge in [0.1, 0.15) is 17.2 Å². The zero-order chi connectivity index (χ0) is 22.6. The summed E-state index contributed by atoms with van der Waals surface area (Å²) in [5.74, 6) is 3.09. The molecule has 3 aliphatic rings. The van der Waals surface area contributed by atoms with Crippen molar-refractivity contribution >= 4 is 0 Å². The quantitative estimate of drug-likeness (QED) is 0.514. The lowest BCUT2D eigenvalue weighted by atomic mass is 9.81. The average Bonchev–Trinajstić information content (AvgIpc) is 3.35. The summed E-state index contributed by atoms with van der Waals surface area (Å²) in [5, 5.41) is 0. The number of ether oxygens (including phenoxy) is 3. The van der Waals surface area contributed by atoms with E-state index in [2.05, 4.69) is 34.1 Å². The highest BCUT2D eigenvalue weighted by molar-refractivity contribution is 5.52. The van der Waals surface area contributed by atoms with E-state index in [1.165, 1.54) is 61.9 Å². The summed E-state index contributed by atoms with van der Waals surface area (Å²) in [5.41, 5.74) is 4.05. The van der Waals surface area contributed by atoms with Gasteiger partial charge in [0.05, 0.1) is 20.8 Å². The first-order valence-electron chi connectivity index (χ1n) is 12.7. The number of methoxy groups -OCH3 is 2. The van der Waals surface area contributed by atoms with Crippen LogP contribution in [-0.4, -0.2) is 63.4 Å². The molecule has 2 aromatic rings. The lowest BCUT2D eigenvalue weighted by molar-refractivity contribution is 0.204. The molecule has 0 radical (unpaired) electrons. The van der Waals surface area contributed by atoms with Crippen LogP contribution in [0.1, 0.15) is 67.2 Å². The van der Waals surface area contributed by atoms with E-state index in [1.807, 2.05) is 12.1 Å². The average molecular weight is 451 g/mol. The van der Waals surface area contributed by atoms with Crippen LogP contribution in [0.25, 0.3) is 0 Å². The Morgan fingerprint density at radius 3 is 2.45 bits per heavy atom. The summed E-state index contributed by atoms with van der Waals surface area (Å²) in [6, 6.07) is 13.4. The third-order valence-electron chi connectivity index (χ3n) is 7.72. The number of hydrogen-bond donors (Lipinski definition) is 0. The van der Waals surface area contributed by atoms with Crippen LogP contribution in [0.15, 0.2) is 36.4 Å². The van der Waals surface area contributed by atoms with Gasteiger partial charge >= 0.3 is 0 Å². The van der Waals surface area contributed by atoms with Gasteiger partial charge in [-0.2, -0.15) is 0 Å². The molecule has 3 heterocycles. The van der Waals surface area contributed by atoms with Crippen molar-refractivity contribution in [2.75, 3.05) is 53.6 Å². The molecule has 2 atom stereocenters. The maximum atomic E-state index is 6.24. The zero-order valence-electron chi connectivity index (χ0n) is 20.2. The molecule has 0 aromatic heterocycles. The van der Waals surface area contributed by atoms with Crippen LogP contribution in [0.4, 0.5) is 0 Å². The fourth-order valence-electron chi connectivity index (χ4n) is 6.02. The van der Waals surface area contributed by atoms with Crippen molar-refractivity contribution < 1.29 is 14.2 Å². The van der Waals surface area contributed by atoms with Crippen molar-refractivity contribution in [2.24, 2.45) is 0 Å². The van der Waals surface area contributed by atoms with Crippen molar-refractivity contribution in [3.8, 4) is 17.2 Å². The lowest BCUT2D eigenvalue weighted by Gasteiger charge is -2.38. The molecule has 0 unspecified atom stereocenters. The highest BCUT2D eigenvalue weighted by Crippen LogP contribution is 2.47. The molecule has 2 saturated heterocycles. The number of likely N-dealkylation sites (tertiary alicyclic amines) is 1. The molecule has 178 valence electrons. The zero-order valence-corrected chi connectivity index (χ0v) is 20.2. The minimum atomic E-state index is 0.271. The van der Waals surface area contributed by atoms with Crippen LogP contribution in [0.5, 0.6) is 17.2 Å². The maximum Gasteiger partial charge on any atom is 0.122 e. The van der Waals surface area contributed by atoms with Crippen molar-refractivity contribution in [1.82, 2.24) is 9.80 Å². The molecule has 5 rings (SSSR count). The molecule has 2 fully saturated rings. The van der Waals surface area contributed by atoms with E-state index < -0.39 is 0 Å². The standard InChI is InChI=1S/C28H38N2O3/c1-31-21-10-12-28(32-2)25(18-21)26-20-30-16-6-8-27(30)24-19-22(9-11-23(24)26)33-17-7-15-29-13-4-3-5-14-29/h9-12,18-19,26-27H,3-8,13-17,20H2,1-2H3/t26-,27+/m1/s1. The maximum absolute atomic E-state index is 6.24. The van der Waals surface area contributed by atoms with E-state index in [0.29, 0.717) is 6.04 Å². The van der Waals surface area contributed by atoms with Crippen LogP contribution >= 0.6 is 0 Å². The first-order valence-corrected chi connectivity index (χ1v) is 12.7. The summed E-state index contributed by atoms with van der Waals surface area (Å²) in [6.45, 7) is 6.64. The molecule has 5 heteroatoms. The van der Waals surface area contributed by atoms with Gasteiger partial charge in [-0.1, -0.05) is 12.5 Å². The van der Waals surface area contributed by atoms with Gasteiger partial charge in [-0.25, -0.2) is 0 Å². The summed E-state index contributed by atoms with van der Waals surface area (Å²) >= 11 is 0. The minimum Gasteiger partial charge on any atom is -0.497 e. The van der Waals surface area contributed by atoms with E-state index >= 15 is 0 Å². The Balaban J connectivity index is 1.35. The normalized spacial score (nSPS) is 23.1. The number of rotatable bonds is 8. The second kappa shape index (κ2) is 10.4. The molecule has 33 heavy (non-hydrogen) atoms. The lowest BCUT2D eigenvalue weighted by Crippen LogP contribution is -2.34. The highest BCUT2D eigenvalue weighted by Gasteiger charge is 2.37. The monoisotopic (exact) mass is 450 g/mol. The van der Waals surface area contributed by atoms with E-state index in [-0.39, 0.29) is 5.92 Å². The van der Waals surface area contributed by atoms with Crippen molar-refractivity contribution in [3.63, 3.8) is 0 Å². The van der Waals surface area contributed by atoms with Gasteiger partial charge in [0, 0.05) is 30.6 Å². The summed E-state index contributed by atoms with van der Waals surface area (Å²) in [4.78, 5) is 5.23. The minimum absolute atomic E-state index is 0.271. The Morgan fingerprint density at radius 2 is 1.64 bits per heavy atom. The Kier molecular flexibility index (Phi) is 7.07. The predicted octanol–water partition coefficient (Wildman–Crippen LogP) is 5.24. The van der Waals surface area contributed by atoms with Gasteiger partial charge in [-0.15, -0.1) is 0 Å². The van der Waals surface area contributed by atoms with Gasteiger partial charge < -0.3 is 19.1 Å². The van der Waals surface area contributed by atoms with Gasteiger partial charge in [0.25, 0.3) is 0 Å². The number of fused-ring (bicyclic) bond motifs is 3. The molecule has 0 aliphatic carbocycles. The molecule has 0 amide bonds. The number of benzene rings is 2. The Labute approximate surface area is 198 Å². The third-order valence-corrected chi connectivity index (χ3v) is 7.72. The second-order valence-electron chi connectivity index (χ2n) is 9.71. The van der Waals surface area contributed by atoms with Crippen LogP contribution in [0.3, 0.4) is 0 Å². The number of nitrogens with zero attached hydrogens (tertiary/aromatic N) is 2. The fraction of sp³-hybridized carbons (Fsp3) is 0.571. The highest BCUT2D eigenvalue weighted by atomic mass is 16.5. The fourth-order valence-corrected chi connectivity index (χ4v) is 6.02. The molecular weight excluding hydrogens is 412 g/mol. The van der Waals surface area contributed by atoms with Gasteiger partial charge in [0.2, 0.25) is 0 Å². The van der Waals surface area contributed by atoms with Crippen LogP contribution in [0, 0.1) is 0 Å². The Bertz CT molecular complexity index is 941. The second-order valence-corrected chi connectivity index (χ2v) is 9.71. The third kappa shape index (κ3) is 4.85. The van der Waals surface area contributed by atoms with E-state index in [4.69, 9.17) is 14.2 Å². The smallest absolute Gasteiger partial charge is 0.122 e. The molecule has 2 aromatic carbocycles. The van der Waals surface area contributed by atoms with E-state index in [9.17, 15) is 0 Å². The first-order chi connectivity index (χ1) is 16.3. The summed E-state index contributed by atoms with van der Waals surface area (Å²) < 4.78 is 17.5. The molecule has 0 N–H and O–H groups in total. The van der Waals surface area contributed by atoms with Gasteiger partial charge in [-0.05, 0) is 93.2 Å². The largest absolute Gasteiger partial charge is 0.497 e. The Hall–Kier alpha value is -2.24. The Morgan fingerprint density at radius 1 is 0.818 bits per heavy atom. The van der Waals surface area contributed by atoms with E-state index in [1.54, 1.807) is 14.2 Å². The summed E-state index contributed by atoms with van der Waals surface area (Å²) in [6.07, 6.45) is 7.67. The van der Waals surface area contributed by atoms with Gasteiger partial charge in [-0.3, -0.25) is 4.90 Å². The van der Waals surface area contributed by atoms with Crippen LogP contribution in [-0.2, 0) is 0 Å². The van der Waals surface area contributed by atoms with E-state index in [0.717, 1.165) is 49.9 Å². The van der Waals surface area contributed by atoms with Crippen molar-refractivity contribution in [2.45, 2.75) is 50.5 Å². The van der Waals surface area contributed by atoms with Crippen LogP contribution < -0.4 is 14.2 Å². The van der Waals surface area contributed by atoms with Crippen molar-refractivity contribution in [1.29, 1.82) is 0 Å². The van der Waals surface area contributed by atoms with Gasteiger partial charge in [0.15, 0.2) is 0 Å². The molecular formula is C28H38N2O3. The molecule has 3 aliphatic heterocycles. The predicted molar refractivity (Wildman–Crippen MR) is 132 cm³/mol. The SMILES string of the molecule is COc1ccc(OC)c([C@@H]2CN3CCC[C@H]3c3cc(OCCCN4CCCCC4)ccc32)c1. The number of piperidine rings is 1. The first kappa shape index (κ1) is 22.5. The number of hydrogen-bond acceptors (Lipinski definition) is 5. The molecule has 0 saturated carbocycles. The summed E-state index contributed by atoms with van der Waals surface area (Å²) in [7, 11) is 3.49. The molecule has 0 spiro atoms. The van der Waals surface area contributed by atoms with Crippen LogP contribution in [0.2, 0.25) is 0 Å². The van der Waals surface area contributed by atoms with Crippen molar-refractivity contribution in [3.05, 3.63) is 53.1 Å². The topological polar surface area (TPSA) is 34.2 Å². The molecule has 5 nitrogen and oxygen atoms in total.